The molecule has 2 aromatic carbocycles. The number of hydrogen-bond acceptors (Lipinski definition) is 3. The van der Waals surface area contributed by atoms with Crippen molar-refractivity contribution < 1.29 is 13.9 Å². The molecule has 1 unspecified atom stereocenters. The lowest BCUT2D eigenvalue weighted by molar-refractivity contribution is -0.127. The molecule has 0 saturated heterocycles. The largest absolute Gasteiger partial charge is 0.477 e. The summed E-state index contributed by atoms with van der Waals surface area (Å²) in [6.07, 6.45) is 0.117. The molecular formula is C17H17FN2O2. The van der Waals surface area contributed by atoms with Crippen LogP contribution >= 0.6 is 0 Å². The van der Waals surface area contributed by atoms with Crippen molar-refractivity contribution in [3.8, 4) is 5.75 Å². The highest BCUT2D eigenvalue weighted by Crippen LogP contribution is 2.28. The maximum absolute atomic E-state index is 12.8. The predicted octanol–water partition coefficient (Wildman–Crippen LogP) is 2.36. The second-order valence-corrected chi connectivity index (χ2v) is 5.15. The number of ether oxygens (including phenoxy) is 1. The Hall–Kier alpha value is -2.56. The molecule has 0 bridgehead atoms. The SMILES string of the molecule is O=C(NCCc1ccc(F)cc1)C1CNc2ccccc2O1. The topological polar surface area (TPSA) is 50.4 Å². The second kappa shape index (κ2) is 6.47. The zero-order chi connectivity index (χ0) is 15.4. The van der Waals surface area contributed by atoms with Crippen molar-refractivity contribution in [2.45, 2.75) is 12.5 Å². The monoisotopic (exact) mass is 300 g/mol. The molecule has 0 fully saturated rings. The van der Waals surface area contributed by atoms with Gasteiger partial charge in [0.15, 0.2) is 6.10 Å². The van der Waals surface area contributed by atoms with Crippen LogP contribution in [0.4, 0.5) is 10.1 Å². The van der Waals surface area contributed by atoms with Gasteiger partial charge in [-0.25, -0.2) is 4.39 Å². The van der Waals surface area contributed by atoms with Crippen molar-refractivity contribution >= 4 is 11.6 Å². The van der Waals surface area contributed by atoms with E-state index in [2.05, 4.69) is 10.6 Å². The van der Waals surface area contributed by atoms with Gasteiger partial charge in [0, 0.05) is 6.54 Å². The molecule has 2 N–H and O–H groups in total. The van der Waals surface area contributed by atoms with Crippen LogP contribution in [0, 0.1) is 5.82 Å². The number of fused-ring (bicyclic) bond motifs is 1. The minimum Gasteiger partial charge on any atom is -0.477 e. The minimum absolute atomic E-state index is 0.149. The molecule has 114 valence electrons. The fourth-order valence-corrected chi connectivity index (χ4v) is 2.35. The molecule has 1 aliphatic rings. The van der Waals surface area contributed by atoms with E-state index in [1.165, 1.54) is 12.1 Å². The molecule has 2 aromatic rings. The van der Waals surface area contributed by atoms with Crippen molar-refractivity contribution in [1.29, 1.82) is 0 Å². The summed E-state index contributed by atoms with van der Waals surface area (Å²) in [5, 5.41) is 6.03. The summed E-state index contributed by atoms with van der Waals surface area (Å²) >= 11 is 0. The van der Waals surface area contributed by atoms with Crippen LogP contribution in [0.5, 0.6) is 5.75 Å². The first kappa shape index (κ1) is 14.4. The zero-order valence-electron chi connectivity index (χ0n) is 12.0. The lowest BCUT2D eigenvalue weighted by Crippen LogP contribution is -2.45. The number of carbonyl (C=O) groups is 1. The van der Waals surface area contributed by atoms with Crippen molar-refractivity contribution in [3.05, 3.63) is 59.9 Å². The van der Waals surface area contributed by atoms with Gasteiger partial charge < -0.3 is 15.4 Å². The van der Waals surface area contributed by atoms with Gasteiger partial charge in [0.2, 0.25) is 0 Å². The molecule has 4 nitrogen and oxygen atoms in total. The summed E-state index contributed by atoms with van der Waals surface area (Å²) in [6.45, 7) is 0.936. The summed E-state index contributed by atoms with van der Waals surface area (Å²) in [7, 11) is 0. The third-order valence-electron chi connectivity index (χ3n) is 3.55. The van der Waals surface area contributed by atoms with Gasteiger partial charge >= 0.3 is 0 Å². The Morgan fingerprint density at radius 2 is 2.00 bits per heavy atom. The highest BCUT2D eigenvalue weighted by Gasteiger charge is 2.25. The molecular weight excluding hydrogens is 283 g/mol. The number of hydrogen-bond donors (Lipinski definition) is 2. The molecule has 0 aliphatic carbocycles. The van der Waals surface area contributed by atoms with E-state index in [0.29, 0.717) is 25.3 Å². The molecule has 1 aliphatic heterocycles. The van der Waals surface area contributed by atoms with Crippen LogP contribution < -0.4 is 15.4 Å². The van der Waals surface area contributed by atoms with Crippen LogP contribution in [0.3, 0.4) is 0 Å². The third kappa shape index (κ3) is 3.36. The average molecular weight is 300 g/mol. The number of halogens is 1. The van der Waals surface area contributed by atoms with Crippen LogP contribution in [0.15, 0.2) is 48.5 Å². The standard InChI is InChI=1S/C17H17FN2O2/c18-13-7-5-12(6-8-13)9-10-19-17(21)16-11-20-14-3-1-2-4-15(14)22-16/h1-8,16,20H,9-11H2,(H,19,21). The van der Waals surface area contributed by atoms with Gasteiger partial charge in [-0.15, -0.1) is 0 Å². The Bertz CT molecular complexity index is 658. The van der Waals surface area contributed by atoms with Crippen LogP contribution in [0.1, 0.15) is 5.56 Å². The number of para-hydroxylation sites is 2. The summed E-state index contributed by atoms with van der Waals surface area (Å²) in [5.41, 5.74) is 1.88. The number of amides is 1. The van der Waals surface area contributed by atoms with Gasteiger partial charge in [0.05, 0.1) is 12.2 Å². The summed E-state index contributed by atoms with van der Waals surface area (Å²) < 4.78 is 18.5. The van der Waals surface area contributed by atoms with Gasteiger partial charge in [0.1, 0.15) is 11.6 Å². The first-order chi connectivity index (χ1) is 10.7. The first-order valence-corrected chi connectivity index (χ1v) is 7.24. The van der Waals surface area contributed by atoms with E-state index in [1.54, 1.807) is 12.1 Å². The number of nitrogens with one attached hydrogen (secondary N) is 2. The molecule has 0 radical (unpaired) electrons. The fraction of sp³-hybridized carbons (Fsp3) is 0.235. The van der Waals surface area contributed by atoms with Gasteiger partial charge in [-0.05, 0) is 36.2 Å². The van der Waals surface area contributed by atoms with Gasteiger partial charge in [-0.1, -0.05) is 24.3 Å². The predicted molar refractivity (Wildman–Crippen MR) is 82.5 cm³/mol. The summed E-state index contributed by atoms with van der Waals surface area (Å²) in [5.74, 6) is 0.282. The Labute approximate surface area is 128 Å². The van der Waals surface area contributed by atoms with Crippen molar-refractivity contribution in [2.75, 3.05) is 18.4 Å². The maximum atomic E-state index is 12.8. The minimum atomic E-state index is -0.539. The van der Waals surface area contributed by atoms with Crippen LogP contribution in [0.2, 0.25) is 0 Å². The van der Waals surface area contributed by atoms with E-state index in [9.17, 15) is 9.18 Å². The normalized spacial score (nSPS) is 16.1. The number of benzene rings is 2. The maximum Gasteiger partial charge on any atom is 0.262 e. The molecule has 0 saturated carbocycles. The Kier molecular flexibility index (Phi) is 4.23. The van der Waals surface area contributed by atoms with E-state index in [0.717, 1.165) is 11.3 Å². The lowest BCUT2D eigenvalue weighted by Gasteiger charge is -2.26. The van der Waals surface area contributed by atoms with Gasteiger partial charge in [-0.2, -0.15) is 0 Å². The molecule has 1 amide bonds. The van der Waals surface area contributed by atoms with Crippen LogP contribution in [0.25, 0.3) is 0 Å². The van der Waals surface area contributed by atoms with Gasteiger partial charge in [0.25, 0.3) is 5.91 Å². The quantitative estimate of drug-likeness (QED) is 0.911. The summed E-state index contributed by atoms with van der Waals surface area (Å²) in [6, 6.07) is 13.8. The van der Waals surface area contributed by atoms with Crippen LogP contribution in [-0.4, -0.2) is 25.1 Å². The highest BCUT2D eigenvalue weighted by molar-refractivity contribution is 5.83. The molecule has 1 heterocycles. The average Bonchev–Trinajstić information content (AvgIpc) is 2.56. The Balaban J connectivity index is 1.50. The first-order valence-electron chi connectivity index (χ1n) is 7.24. The van der Waals surface area contributed by atoms with E-state index in [1.807, 2.05) is 24.3 Å². The van der Waals surface area contributed by atoms with E-state index >= 15 is 0 Å². The van der Waals surface area contributed by atoms with E-state index < -0.39 is 6.10 Å². The van der Waals surface area contributed by atoms with Crippen molar-refractivity contribution in [2.24, 2.45) is 0 Å². The second-order valence-electron chi connectivity index (χ2n) is 5.15. The number of carbonyl (C=O) groups excluding carboxylic acids is 1. The number of anilines is 1. The van der Waals surface area contributed by atoms with Crippen molar-refractivity contribution in [1.82, 2.24) is 5.32 Å². The van der Waals surface area contributed by atoms with Crippen molar-refractivity contribution in [3.63, 3.8) is 0 Å². The lowest BCUT2D eigenvalue weighted by atomic mass is 10.1. The molecule has 0 aromatic heterocycles. The highest BCUT2D eigenvalue weighted by atomic mass is 19.1. The Morgan fingerprint density at radius 1 is 1.23 bits per heavy atom. The molecule has 0 spiro atoms. The third-order valence-corrected chi connectivity index (χ3v) is 3.55. The van der Waals surface area contributed by atoms with E-state index in [4.69, 9.17) is 4.74 Å². The summed E-state index contributed by atoms with van der Waals surface area (Å²) in [4.78, 5) is 12.1. The molecule has 22 heavy (non-hydrogen) atoms. The van der Waals surface area contributed by atoms with Gasteiger partial charge in [-0.3, -0.25) is 4.79 Å². The smallest absolute Gasteiger partial charge is 0.262 e. The molecule has 1 atom stereocenters. The Morgan fingerprint density at radius 3 is 2.82 bits per heavy atom. The van der Waals surface area contributed by atoms with Crippen LogP contribution in [-0.2, 0) is 11.2 Å². The zero-order valence-corrected chi connectivity index (χ0v) is 12.0. The molecule has 5 heteroatoms. The van der Waals surface area contributed by atoms with E-state index in [-0.39, 0.29) is 11.7 Å². The fourth-order valence-electron chi connectivity index (χ4n) is 2.35. The molecule has 3 rings (SSSR count). The number of rotatable bonds is 4.